The van der Waals surface area contributed by atoms with Gasteiger partial charge in [-0.2, -0.15) is 0 Å². The summed E-state index contributed by atoms with van der Waals surface area (Å²) in [6, 6.07) is 9.21. The van der Waals surface area contributed by atoms with Gasteiger partial charge in [-0.1, -0.05) is 52.0 Å². The van der Waals surface area contributed by atoms with E-state index in [-0.39, 0.29) is 12.0 Å². The summed E-state index contributed by atoms with van der Waals surface area (Å²) in [7, 11) is 2.04. The maximum Gasteiger partial charge on any atom is 0.307 e. The van der Waals surface area contributed by atoms with Crippen molar-refractivity contribution >= 4 is 5.97 Å². The van der Waals surface area contributed by atoms with E-state index in [2.05, 4.69) is 98.0 Å². The summed E-state index contributed by atoms with van der Waals surface area (Å²) in [5, 5.41) is 0. The van der Waals surface area contributed by atoms with Crippen LogP contribution in [0.25, 0.3) is 0 Å². The van der Waals surface area contributed by atoms with Gasteiger partial charge in [-0.25, -0.2) is 9.97 Å². The molecule has 3 aromatic rings. The summed E-state index contributed by atoms with van der Waals surface area (Å²) in [4.78, 5) is 35.0. The number of H-pyrrole nitrogens is 1. The Morgan fingerprint density at radius 2 is 1.37 bits per heavy atom. The van der Waals surface area contributed by atoms with Gasteiger partial charge in [0.2, 0.25) is 0 Å². The summed E-state index contributed by atoms with van der Waals surface area (Å²) in [6.07, 6.45) is 14.8. The topological polar surface area (TPSA) is 85.8 Å². The van der Waals surface area contributed by atoms with Crippen molar-refractivity contribution in [2.24, 2.45) is 7.05 Å². The van der Waals surface area contributed by atoms with E-state index in [4.69, 9.17) is 4.74 Å². The number of benzene rings is 1. The number of hydrogen-bond donors (Lipinski definition) is 1. The molecule has 0 radical (unpaired) electrons. The minimum Gasteiger partial charge on any atom is -0.464 e. The first kappa shape index (κ1) is 40.4. The molecule has 1 aromatic carbocycles. The maximum atomic E-state index is 12.9. The van der Waals surface area contributed by atoms with Crippen LogP contribution in [0.3, 0.4) is 0 Å². The van der Waals surface area contributed by atoms with Crippen molar-refractivity contribution < 1.29 is 9.53 Å². The van der Waals surface area contributed by atoms with Crippen molar-refractivity contribution in [1.82, 2.24) is 39.1 Å². The molecular formula is C39H66N8O2. The fourth-order valence-corrected chi connectivity index (χ4v) is 6.46. The van der Waals surface area contributed by atoms with Gasteiger partial charge >= 0.3 is 5.97 Å². The van der Waals surface area contributed by atoms with E-state index in [1.54, 1.807) is 6.20 Å². The van der Waals surface area contributed by atoms with Gasteiger partial charge in [0.05, 0.1) is 19.5 Å². The number of aromatic amines is 1. The number of aromatic nitrogens is 4. The van der Waals surface area contributed by atoms with Gasteiger partial charge in [-0.05, 0) is 95.8 Å². The van der Waals surface area contributed by atoms with E-state index in [9.17, 15) is 4.79 Å². The highest BCUT2D eigenvalue weighted by Crippen LogP contribution is 2.15. The number of imidazole rings is 2. The molecule has 0 saturated heterocycles. The molecule has 0 bridgehead atoms. The van der Waals surface area contributed by atoms with E-state index in [0.29, 0.717) is 26.1 Å². The second kappa shape index (κ2) is 23.4. The van der Waals surface area contributed by atoms with E-state index in [1.165, 1.54) is 43.5 Å². The molecular weight excluding hydrogens is 612 g/mol. The predicted molar refractivity (Wildman–Crippen MR) is 200 cm³/mol. The summed E-state index contributed by atoms with van der Waals surface area (Å²) in [5.41, 5.74) is 2.52. The van der Waals surface area contributed by atoms with Crippen LogP contribution in [0.15, 0.2) is 49.1 Å². The number of aryl methyl sites for hydroxylation is 1. The van der Waals surface area contributed by atoms with Crippen molar-refractivity contribution in [3.8, 4) is 0 Å². The van der Waals surface area contributed by atoms with Crippen LogP contribution in [0.2, 0.25) is 0 Å². The van der Waals surface area contributed by atoms with Gasteiger partial charge in [0.25, 0.3) is 0 Å². The van der Waals surface area contributed by atoms with Gasteiger partial charge in [-0.15, -0.1) is 0 Å². The molecule has 3 rings (SSSR count). The quantitative estimate of drug-likeness (QED) is 0.0724. The number of carbonyl (C=O) groups excluding carboxylic acids is 1. The molecule has 274 valence electrons. The first-order valence-corrected chi connectivity index (χ1v) is 18.9. The SMILES string of the molecule is CCCN(CCC)CCCCN(CCC(=O)OCC(C)N(CCC)CCC)Cc1ccc(CN(Cc2ncc[nH]2)Cc2nccn2C)cc1. The third-order valence-corrected chi connectivity index (χ3v) is 9.09. The largest absolute Gasteiger partial charge is 0.464 e. The molecule has 0 aliphatic rings. The van der Waals surface area contributed by atoms with Gasteiger partial charge < -0.3 is 19.2 Å². The van der Waals surface area contributed by atoms with Gasteiger partial charge in [0.15, 0.2) is 0 Å². The van der Waals surface area contributed by atoms with Crippen LogP contribution < -0.4 is 0 Å². The number of nitrogens with zero attached hydrogens (tertiary/aromatic N) is 7. The second-order valence-electron chi connectivity index (χ2n) is 13.6. The third-order valence-electron chi connectivity index (χ3n) is 9.09. The molecule has 0 aliphatic heterocycles. The number of carbonyl (C=O) groups is 1. The van der Waals surface area contributed by atoms with E-state index in [1.807, 2.05) is 25.6 Å². The lowest BCUT2D eigenvalue weighted by atomic mass is 10.1. The Balaban J connectivity index is 1.60. The van der Waals surface area contributed by atoms with Crippen LogP contribution in [0.1, 0.15) is 102 Å². The Bertz CT molecular complexity index is 1250. The van der Waals surface area contributed by atoms with Crippen molar-refractivity contribution in [3.63, 3.8) is 0 Å². The lowest BCUT2D eigenvalue weighted by Crippen LogP contribution is -2.38. The predicted octanol–water partition coefficient (Wildman–Crippen LogP) is 6.49. The molecule has 2 aromatic heterocycles. The highest BCUT2D eigenvalue weighted by atomic mass is 16.5. The molecule has 0 aliphatic carbocycles. The Morgan fingerprint density at radius 1 is 0.755 bits per heavy atom. The minimum absolute atomic E-state index is 0.0958. The molecule has 49 heavy (non-hydrogen) atoms. The Labute approximate surface area is 297 Å². The normalized spacial score (nSPS) is 12.5. The minimum atomic E-state index is -0.0958. The second-order valence-corrected chi connectivity index (χ2v) is 13.6. The van der Waals surface area contributed by atoms with Crippen molar-refractivity contribution in [1.29, 1.82) is 0 Å². The summed E-state index contributed by atoms with van der Waals surface area (Å²) < 4.78 is 7.86. The number of ether oxygens (including phenoxy) is 1. The van der Waals surface area contributed by atoms with E-state index in [0.717, 1.165) is 76.7 Å². The molecule has 1 unspecified atom stereocenters. The highest BCUT2D eigenvalue weighted by molar-refractivity contribution is 5.69. The molecule has 0 saturated carbocycles. The fraction of sp³-hybridized carbons (Fsp3) is 0.667. The van der Waals surface area contributed by atoms with Crippen molar-refractivity contribution in [2.75, 3.05) is 52.4 Å². The number of hydrogen-bond acceptors (Lipinski definition) is 8. The molecule has 0 amide bonds. The molecule has 1 N–H and O–H groups in total. The first-order valence-electron chi connectivity index (χ1n) is 18.9. The summed E-state index contributed by atoms with van der Waals surface area (Å²) >= 11 is 0. The van der Waals surface area contributed by atoms with Crippen molar-refractivity contribution in [2.45, 2.75) is 112 Å². The Hall–Kier alpha value is -3.05. The van der Waals surface area contributed by atoms with Crippen LogP contribution in [-0.2, 0) is 42.8 Å². The molecule has 0 spiro atoms. The summed E-state index contributed by atoms with van der Waals surface area (Å²) in [6.45, 7) is 21.9. The Kier molecular flexibility index (Phi) is 19.3. The number of esters is 1. The van der Waals surface area contributed by atoms with E-state index >= 15 is 0 Å². The number of unbranched alkanes of at least 4 members (excludes halogenated alkanes) is 1. The zero-order valence-corrected chi connectivity index (χ0v) is 31.6. The van der Waals surface area contributed by atoms with Crippen LogP contribution in [0, 0.1) is 0 Å². The highest BCUT2D eigenvalue weighted by Gasteiger charge is 2.17. The zero-order chi connectivity index (χ0) is 35.3. The summed E-state index contributed by atoms with van der Waals surface area (Å²) in [5.74, 6) is 1.88. The van der Waals surface area contributed by atoms with Crippen LogP contribution in [0.5, 0.6) is 0 Å². The first-order chi connectivity index (χ1) is 23.8. The Morgan fingerprint density at radius 3 is 1.92 bits per heavy atom. The van der Waals surface area contributed by atoms with Crippen molar-refractivity contribution in [3.05, 3.63) is 71.8 Å². The average molecular weight is 679 g/mol. The number of rotatable bonds is 27. The molecule has 1 atom stereocenters. The van der Waals surface area contributed by atoms with Crippen LogP contribution >= 0.6 is 0 Å². The van der Waals surface area contributed by atoms with E-state index < -0.39 is 0 Å². The average Bonchev–Trinajstić information content (AvgIpc) is 3.76. The maximum absolute atomic E-state index is 12.9. The van der Waals surface area contributed by atoms with Gasteiger partial charge in [0, 0.05) is 57.5 Å². The lowest BCUT2D eigenvalue weighted by molar-refractivity contribution is -0.145. The number of nitrogens with one attached hydrogen (secondary N) is 1. The molecule has 0 fully saturated rings. The van der Waals surface area contributed by atoms with Crippen LogP contribution in [0.4, 0.5) is 0 Å². The van der Waals surface area contributed by atoms with Gasteiger partial charge in [0.1, 0.15) is 18.3 Å². The molecule has 10 heteroatoms. The molecule has 10 nitrogen and oxygen atoms in total. The van der Waals surface area contributed by atoms with Crippen LogP contribution in [-0.4, -0.2) is 104 Å². The zero-order valence-electron chi connectivity index (χ0n) is 31.6. The van der Waals surface area contributed by atoms with Gasteiger partial charge in [-0.3, -0.25) is 19.5 Å². The fourth-order valence-electron chi connectivity index (χ4n) is 6.46. The monoisotopic (exact) mass is 679 g/mol. The smallest absolute Gasteiger partial charge is 0.307 e. The third kappa shape index (κ3) is 15.6. The molecule has 2 heterocycles. The standard InChI is InChI=1S/C39H66N8O2/c1-7-21-44(22-8-2)25-11-12-26-45(27-17-39(48)49-33-34(5)47(23-9-3)24-10-4)29-35-13-15-36(16-14-35)30-46(31-37-40-18-19-41-37)32-38-42-20-28-43(38)6/h13-16,18-20,28,34H,7-12,17,21-27,29-33H2,1-6H3,(H,40,41). The lowest BCUT2D eigenvalue weighted by Gasteiger charge is -2.28.